The quantitative estimate of drug-likeness (QED) is 0.691. The van der Waals surface area contributed by atoms with Crippen molar-refractivity contribution in [3.63, 3.8) is 0 Å². The third-order valence-corrected chi connectivity index (χ3v) is 3.98. The van der Waals surface area contributed by atoms with Gasteiger partial charge in [0.2, 0.25) is 5.88 Å². The zero-order chi connectivity index (χ0) is 21.1. The Hall–Kier alpha value is -3.22. The lowest BCUT2D eigenvalue weighted by molar-refractivity contribution is 0.0440. The van der Waals surface area contributed by atoms with Crippen LogP contribution >= 0.6 is 0 Å². The van der Waals surface area contributed by atoms with E-state index < -0.39 is 17.2 Å². The van der Waals surface area contributed by atoms with Crippen molar-refractivity contribution >= 4 is 16.9 Å². The van der Waals surface area contributed by atoms with Gasteiger partial charge in [-0.2, -0.15) is 0 Å². The maximum absolute atomic E-state index is 12.1. The van der Waals surface area contributed by atoms with Crippen molar-refractivity contribution in [1.29, 1.82) is 0 Å². The van der Waals surface area contributed by atoms with Crippen LogP contribution in [0.2, 0.25) is 0 Å². The van der Waals surface area contributed by atoms with E-state index in [0.717, 1.165) is 22.0 Å². The smallest absolute Gasteiger partial charge is 0.408 e. The Kier molecular flexibility index (Phi) is 5.68. The van der Waals surface area contributed by atoms with E-state index in [1.807, 2.05) is 58.9 Å². The third kappa shape index (κ3) is 5.63. The number of hydrogen-bond donors (Lipinski definition) is 1. The molecule has 0 aromatic carbocycles. The van der Waals surface area contributed by atoms with Crippen molar-refractivity contribution < 1.29 is 14.3 Å². The summed E-state index contributed by atoms with van der Waals surface area (Å²) in [4.78, 5) is 25.1. The highest BCUT2D eigenvalue weighted by atomic mass is 16.6. The second-order valence-corrected chi connectivity index (χ2v) is 8.44. The molecule has 0 aliphatic carbocycles. The molecule has 0 unspecified atom stereocenters. The molecular weight excluding hydrogens is 368 g/mol. The maximum atomic E-state index is 12.1. The van der Waals surface area contributed by atoms with Crippen molar-refractivity contribution in [2.45, 2.75) is 45.8 Å². The number of hydrogen-bond acceptors (Lipinski definition) is 6. The lowest BCUT2D eigenvalue weighted by Gasteiger charge is -2.28. The van der Waals surface area contributed by atoms with E-state index in [1.54, 1.807) is 24.8 Å². The third-order valence-electron chi connectivity index (χ3n) is 3.98. The number of carbonyl (C=O) groups excluding carboxylic acids is 1. The lowest BCUT2D eigenvalue weighted by atomic mass is 10.1. The average molecular weight is 394 g/mol. The molecule has 0 spiro atoms. The van der Waals surface area contributed by atoms with Crippen LogP contribution in [-0.2, 0) is 4.74 Å². The van der Waals surface area contributed by atoms with Crippen LogP contribution in [0, 0.1) is 0 Å². The predicted octanol–water partition coefficient (Wildman–Crippen LogP) is 4.37. The monoisotopic (exact) mass is 394 g/mol. The molecule has 0 bridgehead atoms. The molecule has 7 nitrogen and oxygen atoms in total. The van der Waals surface area contributed by atoms with Crippen LogP contribution in [0.15, 0.2) is 49.1 Å². The minimum Gasteiger partial charge on any atom is -0.475 e. The molecule has 0 aliphatic heterocycles. The van der Waals surface area contributed by atoms with Crippen LogP contribution in [0.25, 0.3) is 22.0 Å². The first-order chi connectivity index (χ1) is 13.6. The van der Waals surface area contributed by atoms with Crippen LogP contribution in [0.4, 0.5) is 4.79 Å². The molecule has 3 aromatic rings. The number of alkyl carbamates (subject to hydrolysis) is 1. The molecule has 0 aliphatic rings. The molecule has 3 rings (SSSR count). The van der Waals surface area contributed by atoms with Gasteiger partial charge in [0, 0.05) is 41.1 Å². The Balaban J connectivity index is 1.83. The van der Waals surface area contributed by atoms with E-state index in [9.17, 15) is 4.79 Å². The average Bonchev–Trinajstić information content (AvgIpc) is 2.64. The Morgan fingerprint density at radius 1 is 1.03 bits per heavy atom. The van der Waals surface area contributed by atoms with Crippen molar-refractivity contribution in [2.24, 2.45) is 0 Å². The molecule has 0 atom stereocenters. The molecule has 29 heavy (non-hydrogen) atoms. The molecule has 0 saturated heterocycles. The number of pyridine rings is 3. The summed E-state index contributed by atoms with van der Waals surface area (Å²) >= 11 is 0. The van der Waals surface area contributed by atoms with E-state index in [4.69, 9.17) is 14.5 Å². The second kappa shape index (κ2) is 8.03. The summed E-state index contributed by atoms with van der Waals surface area (Å²) in [5, 5.41) is 4.61. The maximum Gasteiger partial charge on any atom is 0.408 e. The van der Waals surface area contributed by atoms with Gasteiger partial charge in [0.15, 0.2) is 0 Å². The van der Waals surface area contributed by atoms with Crippen molar-refractivity contribution in [3.8, 4) is 17.1 Å². The Labute approximate surface area is 170 Å². The predicted molar refractivity (Wildman–Crippen MR) is 112 cm³/mol. The molecule has 152 valence electrons. The van der Waals surface area contributed by atoms with Gasteiger partial charge in [-0.05, 0) is 58.9 Å². The van der Waals surface area contributed by atoms with Gasteiger partial charge in [0.1, 0.15) is 12.2 Å². The van der Waals surface area contributed by atoms with Crippen molar-refractivity contribution in [2.75, 3.05) is 6.61 Å². The summed E-state index contributed by atoms with van der Waals surface area (Å²) in [6.45, 7) is 9.43. The van der Waals surface area contributed by atoms with Gasteiger partial charge < -0.3 is 14.8 Å². The number of carbonyl (C=O) groups is 1. The fourth-order valence-electron chi connectivity index (χ4n) is 2.71. The van der Waals surface area contributed by atoms with E-state index in [1.165, 1.54) is 0 Å². The lowest BCUT2D eigenvalue weighted by Crippen LogP contribution is -2.49. The SMILES string of the molecule is CC(C)(COc1nc(-c2ccncc2)cc2cnccc12)NC(=O)OC(C)(C)C. The van der Waals surface area contributed by atoms with E-state index in [-0.39, 0.29) is 6.61 Å². The Morgan fingerprint density at radius 2 is 1.72 bits per heavy atom. The Bertz CT molecular complexity index is 998. The van der Waals surface area contributed by atoms with Gasteiger partial charge in [-0.15, -0.1) is 0 Å². The van der Waals surface area contributed by atoms with E-state index in [0.29, 0.717) is 5.88 Å². The minimum absolute atomic E-state index is 0.219. The Morgan fingerprint density at radius 3 is 2.41 bits per heavy atom. The van der Waals surface area contributed by atoms with Gasteiger partial charge in [-0.1, -0.05) is 0 Å². The number of aromatic nitrogens is 3. The van der Waals surface area contributed by atoms with Gasteiger partial charge in [-0.25, -0.2) is 9.78 Å². The first kappa shape index (κ1) is 20.5. The first-order valence-electron chi connectivity index (χ1n) is 9.42. The molecule has 0 saturated carbocycles. The number of fused-ring (bicyclic) bond motifs is 1. The molecule has 7 heteroatoms. The molecule has 1 N–H and O–H groups in total. The molecule has 3 aromatic heterocycles. The summed E-state index contributed by atoms with van der Waals surface area (Å²) in [5.74, 6) is 0.482. The van der Waals surface area contributed by atoms with Gasteiger partial charge in [-0.3, -0.25) is 9.97 Å². The highest BCUT2D eigenvalue weighted by molar-refractivity contribution is 5.89. The number of nitrogens with one attached hydrogen (secondary N) is 1. The number of ether oxygens (including phenoxy) is 2. The highest BCUT2D eigenvalue weighted by Crippen LogP contribution is 2.29. The highest BCUT2D eigenvalue weighted by Gasteiger charge is 2.26. The second-order valence-electron chi connectivity index (χ2n) is 8.44. The van der Waals surface area contributed by atoms with E-state index >= 15 is 0 Å². The van der Waals surface area contributed by atoms with Crippen LogP contribution in [0.5, 0.6) is 5.88 Å². The van der Waals surface area contributed by atoms with Crippen LogP contribution in [0.1, 0.15) is 34.6 Å². The molecule has 3 heterocycles. The number of rotatable bonds is 5. The molecule has 1 amide bonds. The summed E-state index contributed by atoms with van der Waals surface area (Å²) in [6.07, 6.45) is 6.43. The van der Waals surface area contributed by atoms with Gasteiger partial charge in [0.25, 0.3) is 0 Å². The molecule has 0 fully saturated rings. The zero-order valence-electron chi connectivity index (χ0n) is 17.4. The van der Waals surface area contributed by atoms with E-state index in [2.05, 4.69) is 15.3 Å². The van der Waals surface area contributed by atoms with Crippen LogP contribution in [-0.4, -0.2) is 38.8 Å². The zero-order valence-corrected chi connectivity index (χ0v) is 17.4. The standard InChI is InChI=1S/C22H26N4O3/c1-21(2,3)29-20(27)26-22(4,5)14-28-19-17-8-11-24-13-16(17)12-18(25-19)15-6-9-23-10-7-15/h6-13H,14H2,1-5H3,(H,26,27). The topological polar surface area (TPSA) is 86.2 Å². The summed E-state index contributed by atoms with van der Waals surface area (Å²) in [6, 6.07) is 7.61. The largest absolute Gasteiger partial charge is 0.475 e. The fraction of sp³-hybridized carbons (Fsp3) is 0.364. The van der Waals surface area contributed by atoms with Gasteiger partial charge >= 0.3 is 6.09 Å². The molecular formula is C22H26N4O3. The number of nitrogens with zero attached hydrogens (tertiary/aromatic N) is 3. The van der Waals surface area contributed by atoms with Crippen molar-refractivity contribution in [1.82, 2.24) is 20.3 Å². The van der Waals surface area contributed by atoms with Gasteiger partial charge in [0.05, 0.1) is 11.2 Å². The summed E-state index contributed by atoms with van der Waals surface area (Å²) in [5.41, 5.74) is 0.475. The first-order valence-corrected chi connectivity index (χ1v) is 9.42. The molecule has 0 radical (unpaired) electrons. The summed E-state index contributed by atoms with van der Waals surface area (Å²) in [7, 11) is 0. The van der Waals surface area contributed by atoms with Crippen molar-refractivity contribution in [3.05, 3.63) is 49.1 Å². The number of amides is 1. The van der Waals surface area contributed by atoms with Crippen LogP contribution in [0.3, 0.4) is 0 Å². The normalized spacial score (nSPS) is 11.9. The van der Waals surface area contributed by atoms with Crippen LogP contribution < -0.4 is 10.1 Å². The summed E-state index contributed by atoms with van der Waals surface area (Å²) < 4.78 is 11.4. The fourth-order valence-corrected chi connectivity index (χ4v) is 2.71. The minimum atomic E-state index is -0.657.